The van der Waals surface area contributed by atoms with Gasteiger partial charge in [0.25, 0.3) is 0 Å². The van der Waals surface area contributed by atoms with Crippen molar-refractivity contribution < 1.29 is 14.2 Å². The second kappa shape index (κ2) is 44.8. The van der Waals surface area contributed by atoms with Crippen LogP contribution in [0.2, 0.25) is 0 Å². The summed E-state index contributed by atoms with van der Waals surface area (Å²) >= 11 is 0. The molecule has 0 amide bonds. The van der Waals surface area contributed by atoms with Gasteiger partial charge in [-0.1, -0.05) is 68.2 Å². The van der Waals surface area contributed by atoms with Crippen LogP contribution in [-0.4, -0.2) is 84.8 Å². The van der Waals surface area contributed by atoms with Crippen LogP contribution >= 0.6 is 0 Å². The topological polar surface area (TPSA) is 109 Å². The van der Waals surface area contributed by atoms with Gasteiger partial charge in [0, 0.05) is 39.6 Å². The lowest BCUT2D eigenvalue weighted by Gasteiger charge is -2.09. The van der Waals surface area contributed by atoms with Crippen LogP contribution < -0.4 is 17.2 Å². The first-order valence-corrected chi connectivity index (χ1v) is 18.5. The monoisotopic (exact) mass is 635 g/mol. The zero-order valence-electron chi connectivity index (χ0n) is 32.0. The first-order valence-electron chi connectivity index (χ1n) is 18.5. The number of rotatable bonds is 27. The van der Waals surface area contributed by atoms with Crippen LogP contribution in [0.15, 0.2) is 0 Å². The first kappa shape index (κ1) is 50.6. The average Bonchev–Trinajstić information content (AvgIpc) is 2.99. The van der Waals surface area contributed by atoms with Crippen molar-refractivity contribution in [2.45, 2.75) is 139 Å². The number of nitrogens with zero attached hydrogens (tertiary/aromatic N) is 1. The van der Waals surface area contributed by atoms with E-state index in [1.807, 2.05) is 0 Å². The number of nitrogens with two attached hydrogens (primary N) is 3. The molecule has 0 saturated heterocycles. The minimum Gasteiger partial charge on any atom is -0.381 e. The van der Waals surface area contributed by atoms with E-state index in [0.29, 0.717) is 0 Å². The van der Waals surface area contributed by atoms with Crippen LogP contribution in [0.25, 0.3) is 0 Å². The maximum absolute atomic E-state index is 5.51. The Balaban J connectivity index is -0.000000246. The van der Waals surface area contributed by atoms with Crippen LogP contribution in [0.4, 0.5) is 0 Å². The van der Waals surface area contributed by atoms with Gasteiger partial charge in [0.2, 0.25) is 0 Å². The first-order chi connectivity index (χ1) is 21.0. The van der Waals surface area contributed by atoms with Gasteiger partial charge in [0.1, 0.15) is 0 Å². The summed E-state index contributed by atoms with van der Waals surface area (Å²) < 4.78 is 16.2. The van der Waals surface area contributed by atoms with Gasteiger partial charge in [0.05, 0.1) is 0 Å². The molecule has 0 aliphatic rings. The van der Waals surface area contributed by atoms with E-state index in [-0.39, 0.29) is 0 Å². The molecule has 0 bridgehead atoms. The van der Waals surface area contributed by atoms with E-state index in [9.17, 15) is 0 Å². The van der Waals surface area contributed by atoms with Crippen molar-refractivity contribution in [2.24, 2.45) is 40.9 Å². The summed E-state index contributed by atoms with van der Waals surface area (Å²) in [5, 5.41) is 0. The van der Waals surface area contributed by atoms with Gasteiger partial charge in [-0.15, -0.1) is 0 Å². The maximum Gasteiger partial charge on any atom is 0.0478 e. The molecule has 0 saturated carbocycles. The van der Waals surface area contributed by atoms with E-state index < -0.39 is 0 Å². The van der Waals surface area contributed by atoms with Crippen LogP contribution in [-0.2, 0) is 14.2 Å². The molecular weight excluding hydrogens is 548 g/mol. The van der Waals surface area contributed by atoms with Crippen LogP contribution in [0.1, 0.15) is 139 Å². The molecule has 272 valence electrons. The van der Waals surface area contributed by atoms with Crippen LogP contribution in [0.3, 0.4) is 0 Å². The zero-order chi connectivity index (χ0) is 34.3. The van der Waals surface area contributed by atoms with Crippen molar-refractivity contribution in [1.29, 1.82) is 0 Å². The second-order valence-corrected chi connectivity index (χ2v) is 13.5. The van der Waals surface area contributed by atoms with E-state index >= 15 is 0 Å². The number of hydrogen-bond donors (Lipinski definition) is 3. The highest BCUT2D eigenvalue weighted by molar-refractivity contribution is 4.51. The summed E-state index contributed by atoms with van der Waals surface area (Å²) in [6.07, 6.45) is 15.6. The van der Waals surface area contributed by atoms with Gasteiger partial charge >= 0.3 is 0 Å². The summed E-state index contributed by atoms with van der Waals surface area (Å²) in [6, 6.07) is 0. The van der Waals surface area contributed by atoms with E-state index in [1.165, 1.54) is 64.2 Å². The average molecular weight is 635 g/mol. The highest BCUT2D eigenvalue weighted by Gasteiger charge is 1.98. The molecule has 0 fully saturated rings. The highest BCUT2D eigenvalue weighted by Crippen LogP contribution is 2.09. The number of ether oxygens (including phenoxy) is 3. The fourth-order valence-corrected chi connectivity index (χ4v) is 3.76. The molecule has 0 aromatic heterocycles. The smallest absolute Gasteiger partial charge is 0.0478 e. The van der Waals surface area contributed by atoms with Crippen LogP contribution in [0.5, 0.6) is 0 Å². The fraction of sp³-hybridized carbons (Fsp3) is 1.00. The summed E-state index contributed by atoms with van der Waals surface area (Å²) in [7, 11) is 4.19. The van der Waals surface area contributed by atoms with E-state index in [0.717, 1.165) is 109 Å². The Morgan fingerprint density at radius 1 is 0.455 bits per heavy atom. The molecule has 0 rings (SSSR count). The molecule has 0 aromatic rings. The van der Waals surface area contributed by atoms with E-state index in [1.54, 1.807) is 0 Å². The Morgan fingerprint density at radius 2 is 0.773 bits per heavy atom. The predicted octanol–water partition coefficient (Wildman–Crippen LogP) is 8.13. The molecule has 6 N–H and O–H groups in total. The molecule has 2 unspecified atom stereocenters. The molecule has 0 aromatic carbocycles. The standard InChI is InChI=1S/C11H25NO.C10H23NO.C9H21NO.C7H17N/c1-11(2)7-5-9-13-10-6-8-12(3)4;1-3-10(2)6-4-8-12-9-5-7-11;1-9(2)5-3-7-11-8-4-6-10;1-3-7(2)5-4-6-8/h11H,5-10H2,1-4H3;10H,3-9,11H2,1-2H3;9H,3-8,10H2,1-2H3;7H,3-6,8H2,1-2H3. The molecule has 7 heteroatoms. The lowest BCUT2D eigenvalue weighted by Crippen LogP contribution is -2.15. The third-order valence-electron chi connectivity index (χ3n) is 7.30. The Kier molecular flexibility index (Phi) is 51.5. The summed E-state index contributed by atoms with van der Waals surface area (Å²) in [6.45, 7) is 26.8. The van der Waals surface area contributed by atoms with Gasteiger partial charge < -0.3 is 36.3 Å². The third kappa shape index (κ3) is 60.8. The van der Waals surface area contributed by atoms with Crippen molar-refractivity contribution in [3.8, 4) is 0 Å². The molecular formula is C37H86N4O3. The van der Waals surface area contributed by atoms with Crippen molar-refractivity contribution in [2.75, 3.05) is 79.9 Å². The minimum atomic E-state index is 0.740. The molecule has 2 atom stereocenters. The minimum absolute atomic E-state index is 0.740. The van der Waals surface area contributed by atoms with Crippen LogP contribution in [0, 0.1) is 23.7 Å². The third-order valence-corrected chi connectivity index (χ3v) is 7.30. The van der Waals surface area contributed by atoms with Crippen molar-refractivity contribution in [3.63, 3.8) is 0 Å². The van der Waals surface area contributed by atoms with Gasteiger partial charge in [-0.05, 0) is 135 Å². The molecule has 7 nitrogen and oxygen atoms in total. The normalized spacial score (nSPS) is 12.3. The molecule has 0 aliphatic heterocycles. The Hall–Kier alpha value is -0.280. The predicted molar refractivity (Wildman–Crippen MR) is 198 cm³/mol. The second-order valence-electron chi connectivity index (χ2n) is 13.5. The van der Waals surface area contributed by atoms with Gasteiger partial charge in [-0.3, -0.25) is 0 Å². The van der Waals surface area contributed by atoms with Gasteiger partial charge in [-0.2, -0.15) is 0 Å². The summed E-state index contributed by atoms with van der Waals surface area (Å²) in [4.78, 5) is 2.19. The zero-order valence-corrected chi connectivity index (χ0v) is 32.0. The quantitative estimate of drug-likeness (QED) is 0.0783. The van der Waals surface area contributed by atoms with E-state index in [4.69, 9.17) is 31.4 Å². The Bertz CT molecular complexity index is 456. The summed E-state index contributed by atoms with van der Waals surface area (Å²) in [5.41, 5.74) is 16.0. The van der Waals surface area contributed by atoms with Crippen molar-refractivity contribution in [3.05, 3.63) is 0 Å². The summed E-state index contributed by atoms with van der Waals surface area (Å²) in [5.74, 6) is 3.33. The van der Waals surface area contributed by atoms with Crippen molar-refractivity contribution in [1.82, 2.24) is 4.90 Å². The Labute approximate surface area is 278 Å². The molecule has 44 heavy (non-hydrogen) atoms. The molecule has 0 radical (unpaired) electrons. The molecule has 0 heterocycles. The number of hydrogen-bond acceptors (Lipinski definition) is 7. The molecule has 0 aliphatic carbocycles. The van der Waals surface area contributed by atoms with Gasteiger partial charge in [0.15, 0.2) is 0 Å². The fourth-order valence-electron chi connectivity index (χ4n) is 3.76. The maximum atomic E-state index is 5.51. The lowest BCUT2D eigenvalue weighted by atomic mass is 10.0. The van der Waals surface area contributed by atoms with Crippen molar-refractivity contribution >= 4 is 0 Å². The SMILES string of the molecule is CC(C)CCCOCCCN.CC(C)CCCOCCCN(C)C.CCC(C)CCCN.CCC(C)CCCOCCCN. The Morgan fingerprint density at radius 3 is 1.09 bits per heavy atom. The highest BCUT2D eigenvalue weighted by atomic mass is 16.5. The largest absolute Gasteiger partial charge is 0.381 e. The van der Waals surface area contributed by atoms with E-state index in [2.05, 4.69) is 74.4 Å². The van der Waals surface area contributed by atoms with Gasteiger partial charge in [-0.25, -0.2) is 0 Å². The molecule has 0 spiro atoms. The lowest BCUT2D eigenvalue weighted by molar-refractivity contribution is 0.120.